The van der Waals surface area contributed by atoms with Crippen molar-refractivity contribution in [2.24, 2.45) is 5.92 Å². The third-order valence-corrected chi connectivity index (χ3v) is 3.66. The Bertz CT molecular complexity index is 445. The van der Waals surface area contributed by atoms with Crippen LogP contribution in [0.2, 0.25) is 0 Å². The minimum atomic E-state index is 0.0657. The van der Waals surface area contributed by atoms with E-state index in [1.165, 1.54) is 0 Å². The van der Waals surface area contributed by atoms with Gasteiger partial charge in [-0.15, -0.1) is 0 Å². The maximum atomic E-state index is 12.6. The van der Waals surface area contributed by atoms with Crippen molar-refractivity contribution in [2.75, 3.05) is 18.4 Å². The van der Waals surface area contributed by atoms with Gasteiger partial charge in [0.25, 0.3) is 5.91 Å². The second-order valence-electron chi connectivity index (χ2n) is 5.39. The summed E-state index contributed by atoms with van der Waals surface area (Å²) in [5, 5.41) is 3.15. The van der Waals surface area contributed by atoms with Gasteiger partial charge >= 0.3 is 0 Å². The number of pyridine rings is 1. The molecule has 1 aromatic heterocycles. The van der Waals surface area contributed by atoms with Crippen LogP contribution in [0.3, 0.4) is 0 Å². The number of aromatic nitrogens is 1. The third kappa shape index (κ3) is 3.06. The molecule has 1 saturated heterocycles. The van der Waals surface area contributed by atoms with E-state index < -0.39 is 0 Å². The first kappa shape index (κ1) is 13.8. The van der Waals surface area contributed by atoms with Crippen molar-refractivity contribution in [3.05, 3.63) is 23.9 Å². The first-order valence-corrected chi connectivity index (χ1v) is 7.15. The fourth-order valence-electron chi connectivity index (χ4n) is 2.72. The van der Waals surface area contributed by atoms with E-state index in [1.807, 2.05) is 24.0 Å². The number of likely N-dealkylation sites (tertiary alicyclic amines) is 1. The molecule has 1 aliphatic heterocycles. The van der Waals surface area contributed by atoms with E-state index in [-0.39, 0.29) is 5.91 Å². The maximum Gasteiger partial charge on any atom is 0.272 e. The second-order valence-corrected chi connectivity index (χ2v) is 5.39. The van der Waals surface area contributed by atoms with Crippen LogP contribution in [0.25, 0.3) is 0 Å². The largest absolute Gasteiger partial charge is 0.370 e. The van der Waals surface area contributed by atoms with Gasteiger partial charge in [0.1, 0.15) is 11.5 Å². The lowest BCUT2D eigenvalue weighted by molar-refractivity contribution is 0.0695. The highest BCUT2D eigenvalue weighted by Gasteiger charge is 2.31. The van der Waals surface area contributed by atoms with Crippen molar-refractivity contribution in [3.8, 4) is 0 Å². The van der Waals surface area contributed by atoms with Gasteiger partial charge in [-0.25, -0.2) is 4.98 Å². The molecule has 1 fully saturated rings. The monoisotopic (exact) mass is 261 g/mol. The van der Waals surface area contributed by atoms with Crippen LogP contribution in [0.5, 0.6) is 0 Å². The molecule has 0 spiro atoms. The quantitative estimate of drug-likeness (QED) is 0.906. The summed E-state index contributed by atoms with van der Waals surface area (Å²) in [6, 6.07) is 5.94. The Balaban J connectivity index is 2.16. The molecule has 1 atom stereocenters. The van der Waals surface area contributed by atoms with Crippen LogP contribution < -0.4 is 5.32 Å². The van der Waals surface area contributed by atoms with Crippen molar-refractivity contribution in [1.82, 2.24) is 9.88 Å². The lowest BCUT2D eigenvalue weighted by Gasteiger charge is -2.27. The predicted molar refractivity (Wildman–Crippen MR) is 77.3 cm³/mol. The average molecular weight is 261 g/mol. The summed E-state index contributed by atoms with van der Waals surface area (Å²) in [7, 11) is 0. The van der Waals surface area contributed by atoms with Gasteiger partial charge in [0.2, 0.25) is 0 Å². The van der Waals surface area contributed by atoms with Crippen LogP contribution in [0.1, 0.15) is 44.1 Å². The first-order chi connectivity index (χ1) is 9.13. The topological polar surface area (TPSA) is 45.2 Å². The van der Waals surface area contributed by atoms with E-state index in [1.54, 1.807) is 6.07 Å². The number of carbonyl (C=O) groups excluding carboxylic acids is 1. The van der Waals surface area contributed by atoms with Crippen LogP contribution >= 0.6 is 0 Å². The molecule has 2 heterocycles. The van der Waals surface area contributed by atoms with E-state index in [4.69, 9.17) is 0 Å². The molecule has 4 heteroatoms. The highest BCUT2D eigenvalue weighted by Crippen LogP contribution is 2.25. The number of nitrogens with one attached hydrogen (secondary N) is 1. The van der Waals surface area contributed by atoms with Gasteiger partial charge in [-0.1, -0.05) is 19.9 Å². The number of rotatable bonds is 4. The Hall–Kier alpha value is -1.58. The lowest BCUT2D eigenvalue weighted by Crippen LogP contribution is -2.38. The zero-order chi connectivity index (χ0) is 13.8. The molecule has 1 aliphatic rings. The molecule has 1 amide bonds. The van der Waals surface area contributed by atoms with E-state index in [0.717, 1.165) is 31.7 Å². The van der Waals surface area contributed by atoms with Gasteiger partial charge in [-0.2, -0.15) is 0 Å². The molecule has 0 saturated carbocycles. The first-order valence-electron chi connectivity index (χ1n) is 7.15. The van der Waals surface area contributed by atoms with E-state index >= 15 is 0 Å². The Morgan fingerprint density at radius 1 is 1.53 bits per heavy atom. The highest BCUT2D eigenvalue weighted by molar-refractivity contribution is 5.93. The van der Waals surface area contributed by atoms with Crippen molar-refractivity contribution >= 4 is 11.7 Å². The molecular formula is C15H23N3O. The number of hydrogen-bond acceptors (Lipinski definition) is 3. The molecule has 104 valence electrons. The maximum absolute atomic E-state index is 12.6. The van der Waals surface area contributed by atoms with Crippen LogP contribution in [-0.4, -0.2) is 34.9 Å². The molecule has 2 rings (SSSR count). The van der Waals surface area contributed by atoms with Crippen LogP contribution in [-0.2, 0) is 0 Å². The number of nitrogens with zero attached hydrogens (tertiary/aromatic N) is 2. The van der Waals surface area contributed by atoms with Crippen molar-refractivity contribution in [1.29, 1.82) is 0 Å². The Kier molecular flexibility index (Phi) is 4.40. The smallest absolute Gasteiger partial charge is 0.272 e. The zero-order valence-electron chi connectivity index (χ0n) is 12.0. The molecule has 0 radical (unpaired) electrons. The summed E-state index contributed by atoms with van der Waals surface area (Å²) >= 11 is 0. The summed E-state index contributed by atoms with van der Waals surface area (Å²) in [5.41, 5.74) is 0.547. The SMILES string of the molecule is CCNc1cccc(C(=O)N2CCCC2C(C)C)n1. The van der Waals surface area contributed by atoms with E-state index in [9.17, 15) is 4.79 Å². The summed E-state index contributed by atoms with van der Waals surface area (Å²) in [5.74, 6) is 1.34. The number of carbonyl (C=O) groups is 1. The number of anilines is 1. The van der Waals surface area contributed by atoms with Gasteiger partial charge in [0.05, 0.1) is 0 Å². The summed E-state index contributed by atoms with van der Waals surface area (Å²) in [4.78, 5) is 18.9. The standard InChI is InChI=1S/C15H23N3O/c1-4-16-14-9-5-7-12(17-14)15(19)18-10-6-8-13(18)11(2)3/h5,7,9,11,13H,4,6,8,10H2,1-3H3,(H,16,17). The lowest BCUT2D eigenvalue weighted by atomic mass is 10.0. The number of amides is 1. The molecular weight excluding hydrogens is 238 g/mol. The van der Waals surface area contributed by atoms with Gasteiger partial charge in [-0.05, 0) is 37.8 Å². The minimum absolute atomic E-state index is 0.0657. The Labute approximate surface area is 115 Å². The Morgan fingerprint density at radius 2 is 2.32 bits per heavy atom. The zero-order valence-corrected chi connectivity index (χ0v) is 12.0. The van der Waals surface area contributed by atoms with Crippen molar-refractivity contribution < 1.29 is 4.79 Å². The molecule has 1 N–H and O–H groups in total. The summed E-state index contributed by atoms with van der Waals surface area (Å²) in [6.45, 7) is 8.04. The van der Waals surface area contributed by atoms with Gasteiger partial charge in [0.15, 0.2) is 0 Å². The fraction of sp³-hybridized carbons (Fsp3) is 0.600. The van der Waals surface area contributed by atoms with Crippen LogP contribution in [0.15, 0.2) is 18.2 Å². The van der Waals surface area contributed by atoms with Crippen LogP contribution in [0, 0.1) is 5.92 Å². The molecule has 1 unspecified atom stereocenters. The minimum Gasteiger partial charge on any atom is -0.370 e. The molecule has 19 heavy (non-hydrogen) atoms. The van der Waals surface area contributed by atoms with E-state index in [2.05, 4.69) is 24.1 Å². The van der Waals surface area contributed by atoms with E-state index in [0.29, 0.717) is 17.7 Å². The van der Waals surface area contributed by atoms with Crippen molar-refractivity contribution in [2.45, 2.75) is 39.7 Å². The second kappa shape index (κ2) is 6.04. The number of hydrogen-bond donors (Lipinski definition) is 1. The Morgan fingerprint density at radius 3 is 3.00 bits per heavy atom. The predicted octanol–water partition coefficient (Wildman–Crippen LogP) is 2.77. The molecule has 1 aromatic rings. The molecule has 0 aliphatic carbocycles. The van der Waals surface area contributed by atoms with Crippen molar-refractivity contribution in [3.63, 3.8) is 0 Å². The highest BCUT2D eigenvalue weighted by atomic mass is 16.2. The normalized spacial score (nSPS) is 18.9. The summed E-state index contributed by atoms with van der Waals surface area (Å²) in [6.07, 6.45) is 2.21. The summed E-state index contributed by atoms with van der Waals surface area (Å²) < 4.78 is 0. The van der Waals surface area contributed by atoms with Gasteiger partial charge in [0, 0.05) is 19.1 Å². The van der Waals surface area contributed by atoms with Gasteiger partial charge in [-0.3, -0.25) is 4.79 Å². The fourth-order valence-corrected chi connectivity index (χ4v) is 2.72. The third-order valence-electron chi connectivity index (χ3n) is 3.66. The molecule has 0 bridgehead atoms. The van der Waals surface area contributed by atoms with Crippen LogP contribution in [0.4, 0.5) is 5.82 Å². The molecule has 4 nitrogen and oxygen atoms in total. The average Bonchev–Trinajstić information content (AvgIpc) is 2.88. The van der Waals surface area contributed by atoms with Gasteiger partial charge < -0.3 is 10.2 Å². The molecule has 0 aromatic carbocycles.